The van der Waals surface area contributed by atoms with Crippen molar-refractivity contribution in [2.75, 3.05) is 0 Å². The van der Waals surface area contributed by atoms with E-state index in [2.05, 4.69) is 135 Å². The molecule has 0 radical (unpaired) electrons. The zero-order chi connectivity index (χ0) is 28.1. The molecule has 224 valence electrons. The molecule has 2 heteroatoms. The van der Waals surface area contributed by atoms with Crippen LogP contribution in [0.3, 0.4) is 0 Å². The van der Waals surface area contributed by atoms with Gasteiger partial charge in [-0.3, -0.25) is 0 Å². The minimum Gasteiger partial charge on any atom is -0.358 e. The van der Waals surface area contributed by atoms with E-state index in [0.29, 0.717) is 0 Å². The van der Waals surface area contributed by atoms with Gasteiger partial charge in [0.1, 0.15) is 0 Å². The quantitative estimate of drug-likeness (QED) is 0.0662. The van der Waals surface area contributed by atoms with Crippen molar-refractivity contribution in [1.29, 1.82) is 0 Å². The second kappa shape index (κ2) is 16.5. The molecule has 6 rings (SSSR count). The van der Waals surface area contributed by atoms with Crippen LogP contribution < -0.4 is 10.4 Å². The molecule has 0 aliphatic heterocycles. The van der Waals surface area contributed by atoms with E-state index in [1.807, 2.05) is 0 Å². The maximum absolute atomic E-state index is 2.61. The summed E-state index contributed by atoms with van der Waals surface area (Å²) in [6.07, 6.45) is 7.79. The van der Waals surface area contributed by atoms with Gasteiger partial charge in [0, 0.05) is 0 Å². The largest absolute Gasteiger partial charge is 4.00 e. The second-order valence-corrected chi connectivity index (χ2v) is 16.2. The Balaban J connectivity index is 0.00000176. The Bertz CT molecular complexity index is 1580. The van der Waals surface area contributed by atoms with Crippen LogP contribution in [0.4, 0.5) is 0 Å². The average molecular weight is 759 g/mol. The summed E-state index contributed by atoms with van der Waals surface area (Å²) in [5.74, 6) is 0. The minimum atomic E-state index is -2.04. The first-order chi connectivity index (χ1) is 20.2. The van der Waals surface area contributed by atoms with E-state index in [4.69, 9.17) is 0 Å². The summed E-state index contributed by atoms with van der Waals surface area (Å²) < 4.78 is 0. The molecule has 0 saturated carbocycles. The SMILES string of the molecule is CCCCC[Si](CCCCC)(c1cc2c(-c3ccccc3)cccc2[cH-]1)c1cc2c(-c3ccccc3)cccc2[cH-]1.[CH3-].[CH3-].[Hf+4]. The molecule has 0 N–H and O–H groups in total. The first-order valence-corrected chi connectivity index (χ1v) is 18.2. The monoisotopic (exact) mass is 760 g/mol. The Kier molecular flexibility index (Phi) is 13.4. The van der Waals surface area contributed by atoms with Crippen molar-refractivity contribution in [3.05, 3.63) is 136 Å². The van der Waals surface area contributed by atoms with Crippen molar-refractivity contribution in [3.63, 3.8) is 0 Å². The topological polar surface area (TPSA) is 0 Å². The molecule has 0 aromatic heterocycles. The van der Waals surface area contributed by atoms with Crippen LogP contribution in [0.5, 0.6) is 0 Å². The molecule has 0 spiro atoms. The van der Waals surface area contributed by atoms with E-state index >= 15 is 0 Å². The molecule has 6 aromatic rings. The first-order valence-electron chi connectivity index (χ1n) is 15.7. The predicted molar refractivity (Wildman–Crippen MR) is 196 cm³/mol. The number of fused-ring (bicyclic) bond motifs is 2. The van der Waals surface area contributed by atoms with Gasteiger partial charge in [-0.2, -0.15) is 12.1 Å². The van der Waals surface area contributed by atoms with Gasteiger partial charge in [0.2, 0.25) is 0 Å². The van der Waals surface area contributed by atoms with Gasteiger partial charge in [-0.1, -0.05) is 148 Å². The van der Waals surface area contributed by atoms with Crippen molar-refractivity contribution in [2.24, 2.45) is 0 Å². The van der Waals surface area contributed by atoms with Gasteiger partial charge < -0.3 is 14.9 Å². The van der Waals surface area contributed by atoms with E-state index in [-0.39, 0.29) is 40.7 Å². The van der Waals surface area contributed by atoms with Crippen molar-refractivity contribution < 1.29 is 25.8 Å². The number of rotatable bonds is 12. The Morgan fingerprint density at radius 3 is 1.30 bits per heavy atom. The summed E-state index contributed by atoms with van der Waals surface area (Å²) in [5, 5.41) is 8.89. The standard InChI is InChI=1S/C40H42Si.2CH3.Hf/c1-3-5-13-25-41(26-14-6-4-2,35-27-33-21-15-23-37(39(33)29-35)31-17-9-7-10-18-31)36-28-34-22-16-24-38(40(34)30-36)32-19-11-8-12-20-32;;;/h7-12,15-24,27-30H,3-6,13-14,25-26H2,1-2H3;2*1H3;/q-2;2*-1;+4. The van der Waals surface area contributed by atoms with Crippen LogP contribution in [-0.4, -0.2) is 8.07 Å². The van der Waals surface area contributed by atoms with Gasteiger partial charge in [-0.15, -0.1) is 68.3 Å². The molecule has 0 unspecified atom stereocenters. The fourth-order valence-electron chi connectivity index (χ4n) is 6.98. The average Bonchev–Trinajstić information content (AvgIpc) is 3.67. The Morgan fingerprint density at radius 1 is 0.500 bits per heavy atom. The number of hydrogen-bond donors (Lipinski definition) is 0. The normalized spacial score (nSPS) is 11.1. The number of unbranched alkanes of at least 4 members (excludes halogenated alkanes) is 4. The van der Waals surface area contributed by atoms with Crippen LogP contribution in [0.25, 0.3) is 43.8 Å². The molecule has 0 atom stereocenters. The van der Waals surface area contributed by atoms with Crippen LogP contribution in [-0.2, 0) is 25.8 Å². The molecule has 6 aromatic carbocycles. The molecule has 0 fully saturated rings. The van der Waals surface area contributed by atoms with Crippen molar-refractivity contribution in [3.8, 4) is 22.3 Å². The summed E-state index contributed by atoms with van der Waals surface area (Å²) in [6, 6.07) is 48.7. The van der Waals surface area contributed by atoms with Crippen LogP contribution in [0.15, 0.2) is 121 Å². The summed E-state index contributed by atoms with van der Waals surface area (Å²) in [5.41, 5.74) is 5.34. The summed E-state index contributed by atoms with van der Waals surface area (Å²) in [7, 11) is -2.04. The van der Waals surface area contributed by atoms with E-state index in [0.717, 1.165) is 0 Å². The predicted octanol–water partition coefficient (Wildman–Crippen LogP) is 11.6. The van der Waals surface area contributed by atoms with Crippen LogP contribution in [0.1, 0.15) is 52.4 Å². The molecule has 44 heavy (non-hydrogen) atoms. The maximum atomic E-state index is 2.61. The Hall–Kier alpha value is -2.81. The second-order valence-electron chi connectivity index (χ2n) is 11.8. The molecule has 0 bridgehead atoms. The third kappa shape index (κ3) is 7.18. The minimum absolute atomic E-state index is 0. The molecular weight excluding hydrogens is 711 g/mol. The third-order valence-corrected chi connectivity index (χ3v) is 14.4. The Labute approximate surface area is 287 Å². The van der Waals surface area contributed by atoms with Crippen LogP contribution >= 0.6 is 0 Å². The van der Waals surface area contributed by atoms with E-state index < -0.39 is 8.07 Å². The van der Waals surface area contributed by atoms with Crippen molar-refractivity contribution in [1.82, 2.24) is 0 Å². The zero-order valence-electron chi connectivity index (χ0n) is 27.2. The summed E-state index contributed by atoms with van der Waals surface area (Å²) in [4.78, 5) is 0. The molecule has 0 nitrogen and oxygen atoms in total. The molecule has 0 saturated heterocycles. The fourth-order valence-corrected chi connectivity index (χ4v) is 12.1. The van der Waals surface area contributed by atoms with Gasteiger partial charge >= 0.3 is 25.8 Å². The molecule has 0 aliphatic carbocycles. The molecule has 0 heterocycles. The van der Waals surface area contributed by atoms with E-state index in [9.17, 15) is 0 Å². The Morgan fingerprint density at radius 2 is 0.909 bits per heavy atom. The number of benzene rings is 4. The summed E-state index contributed by atoms with van der Waals surface area (Å²) >= 11 is 0. The third-order valence-electron chi connectivity index (χ3n) is 9.19. The van der Waals surface area contributed by atoms with Crippen molar-refractivity contribution in [2.45, 2.75) is 64.5 Å². The smallest absolute Gasteiger partial charge is 0.358 e. The van der Waals surface area contributed by atoms with Gasteiger partial charge in [-0.05, 0) is 11.1 Å². The van der Waals surface area contributed by atoms with Crippen LogP contribution in [0.2, 0.25) is 12.1 Å². The van der Waals surface area contributed by atoms with Crippen LogP contribution in [0, 0.1) is 14.9 Å². The molecule has 0 aliphatic rings. The van der Waals surface area contributed by atoms with Crippen molar-refractivity contribution >= 4 is 40.0 Å². The van der Waals surface area contributed by atoms with Gasteiger partial charge in [0.15, 0.2) is 0 Å². The van der Waals surface area contributed by atoms with E-state index in [1.165, 1.54) is 94.4 Å². The molecular formula is C42H48HfSi. The first kappa shape index (κ1) is 35.7. The van der Waals surface area contributed by atoms with E-state index in [1.54, 1.807) is 10.4 Å². The zero-order valence-corrected chi connectivity index (χ0v) is 31.8. The van der Waals surface area contributed by atoms with Gasteiger partial charge in [0.25, 0.3) is 0 Å². The fraction of sp³-hybridized carbons (Fsp3) is 0.238. The molecule has 0 amide bonds. The van der Waals surface area contributed by atoms with Gasteiger partial charge in [0.05, 0.1) is 8.07 Å². The number of hydrogen-bond acceptors (Lipinski definition) is 0. The van der Waals surface area contributed by atoms with Gasteiger partial charge in [-0.25, -0.2) is 0 Å². The summed E-state index contributed by atoms with van der Waals surface area (Å²) in [6.45, 7) is 4.68. The maximum Gasteiger partial charge on any atom is 4.00 e.